The van der Waals surface area contributed by atoms with E-state index in [1.54, 1.807) is 6.08 Å². The highest BCUT2D eigenvalue weighted by molar-refractivity contribution is 5.77. The number of hydrogen-bond donors (Lipinski definition) is 0. The molecular weight excluding hydrogens is 310 g/mol. The van der Waals surface area contributed by atoms with Crippen LogP contribution in [-0.4, -0.2) is 37.0 Å². The standard InChI is InChI=1S/C21H37N3O/c1-6-11-12-15-24(14-7-2)16-13-17-25-21(10-5)23-20(9-4)19(8-3)18-22/h9H,4,6-8,10-17H2,1-3,5H3. The van der Waals surface area contributed by atoms with Gasteiger partial charge in [-0.2, -0.15) is 5.26 Å². The summed E-state index contributed by atoms with van der Waals surface area (Å²) in [5.74, 6) is 0.684. The number of rotatable bonds is 14. The Hall–Kier alpha value is -1.60. The zero-order valence-electron chi connectivity index (χ0n) is 16.8. The molecule has 0 amide bonds. The highest BCUT2D eigenvalue weighted by atomic mass is 16.5. The van der Waals surface area contributed by atoms with Gasteiger partial charge in [0.1, 0.15) is 0 Å². The van der Waals surface area contributed by atoms with Crippen LogP contribution in [-0.2, 0) is 4.74 Å². The van der Waals surface area contributed by atoms with Crippen LogP contribution in [0.4, 0.5) is 0 Å². The van der Waals surface area contributed by atoms with Crippen LogP contribution in [0.1, 0.15) is 72.6 Å². The van der Waals surface area contributed by atoms with E-state index in [9.17, 15) is 0 Å². The summed E-state index contributed by atoms with van der Waals surface area (Å²) in [7, 11) is 0. The maximum Gasteiger partial charge on any atom is 0.188 e. The first-order valence-electron chi connectivity index (χ1n) is 9.84. The van der Waals surface area contributed by atoms with Gasteiger partial charge in [0.25, 0.3) is 0 Å². The first-order chi connectivity index (χ1) is 12.2. The molecular formula is C21H37N3O. The third-order valence-corrected chi connectivity index (χ3v) is 4.04. The Kier molecular flexibility index (Phi) is 14.9. The molecule has 0 atom stereocenters. The number of allylic oxidation sites excluding steroid dienone is 2. The molecule has 0 rings (SSSR count). The molecule has 0 N–H and O–H groups in total. The smallest absolute Gasteiger partial charge is 0.188 e. The van der Waals surface area contributed by atoms with Gasteiger partial charge in [-0.1, -0.05) is 47.1 Å². The molecule has 25 heavy (non-hydrogen) atoms. The molecule has 0 unspecified atom stereocenters. The average molecular weight is 348 g/mol. The molecule has 0 aromatic carbocycles. The molecule has 0 saturated carbocycles. The van der Waals surface area contributed by atoms with Gasteiger partial charge in [-0.25, -0.2) is 4.99 Å². The molecule has 0 radical (unpaired) electrons. The van der Waals surface area contributed by atoms with E-state index in [2.05, 4.69) is 36.4 Å². The summed E-state index contributed by atoms with van der Waals surface area (Å²) in [6, 6.07) is 2.19. The highest BCUT2D eigenvalue weighted by Crippen LogP contribution is 2.12. The average Bonchev–Trinajstić information content (AvgIpc) is 2.63. The number of nitriles is 1. The van der Waals surface area contributed by atoms with Gasteiger partial charge in [0.2, 0.25) is 0 Å². The maximum atomic E-state index is 9.16. The van der Waals surface area contributed by atoms with E-state index in [1.807, 2.05) is 13.8 Å². The van der Waals surface area contributed by atoms with Crippen LogP contribution in [0.2, 0.25) is 0 Å². The third-order valence-electron chi connectivity index (χ3n) is 4.04. The van der Waals surface area contributed by atoms with Gasteiger partial charge in [-0.15, -0.1) is 0 Å². The molecule has 4 heteroatoms. The lowest BCUT2D eigenvalue weighted by Gasteiger charge is -2.21. The van der Waals surface area contributed by atoms with E-state index in [4.69, 9.17) is 10.00 Å². The summed E-state index contributed by atoms with van der Waals surface area (Å²) in [5.41, 5.74) is 1.28. The van der Waals surface area contributed by atoms with E-state index in [-0.39, 0.29) is 0 Å². The van der Waals surface area contributed by atoms with Crippen LogP contribution in [0.5, 0.6) is 0 Å². The number of nitrogens with zero attached hydrogens (tertiary/aromatic N) is 3. The van der Waals surface area contributed by atoms with Crippen molar-refractivity contribution < 1.29 is 4.74 Å². The van der Waals surface area contributed by atoms with E-state index >= 15 is 0 Å². The monoisotopic (exact) mass is 347 g/mol. The minimum absolute atomic E-state index is 0.633. The molecule has 0 aromatic rings. The summed E-state index contributed by atoms with van der Waals surface area (Å²) in [6.45, 7) is 16.3. The van der Waals surface area contributed by atoms with Crippen LogP contribution in [0.25, 0.3) is 0 Å². The lowest BCUT2D eigenvalue weighted by atomic mass is 10.2. The number of ether oxygens (including phenoxy) is 1. The molecule has 0 aliphatic heterocycles. The summed E-state index contributed by atoms with van der Waals surface area (Å²) in [4.78, 5) is 7.02. The van der Waals surface area contributed by atoms with Crippen molar-refractivity contribution in [1.82, 2.24) is 4.90 Å². The van der Waals surface area contributed by atoms with Crippen molar-refractivity contribution in [1.29, 1.82) is 5.26 Å². The SMILES string of the molecule is C=CC(N=C(CC)OCCCN(CCC)CCCCC)=C(C#N)CC. The topological polar surface area (TPSA) is 48.6 Å². The van der Waals surface area contributed by atoms with Crippen LogP contribution < -0.4 is 0 Å². The largest absolute Gasteiger partial charge is 0.481 e. The Morgan fingerprint density at radius 3 is 2.28 bits per heavy atom. The van der Waals surface area contributed by atoms with Gasteiger partial charge < -0.3 is 9.64 Å². The molecule has 0 heterocycles. The molecule has 0 bridgehead atoms. The highest BCUT2D eigenvalue weighted by Gasteiger charge is 2.06. The fraction of sp³-hybridized carbons (Fsp3) is 0.714. The Morgan fingerprint density at radius 1 is 1.04 bits per heavy atom. The van der Waals surface area contributed by atoms with Crippen LogP contribution >= 0.6 is 0 Å². The normalized spacial score (nSPS) is 12.7. The second-order valence-corrected chi connectivity index (χ2v) is 6.14. The van der Waals surface area contributed by atoms with Crippen LogP contribution in [0.3, 0.4) is 0 Å². The zero-order chi connectivity index (χ0) is 18.9. The first kappa shape index (κ1) is 23.4. The Morgan fingerprint density at radius 2 is 1.76 bits per heavy atom. The fourth-order valence-electron chi connectivity index (χ4n) is 2.62. The van der Waals surface area contributed by atoms with Crippen molar-refractivity contribution in [2.45, 2.75) is 72.6 Å². The predicted octanol–water partition coefficient (Wildman–Crippen LogP) is 5.48. The summed E-state index contributed by atoms with van der Waals surface area (Å²) < 4.78 is 5.85. The predicted molar refractivity (Wildman–Crippen MR) is 108 cm³/mol. The van der Waals surface area contributed by atoms with E-state index in [0.717, 1.165) is 25.9 Å². The summed E-state index contributed by atoms with van der Waals surface area (Å²) >= 11 is 0. The summed E-state index contributed by atoms with van der Waals surface area (Å²) in [6.07, 6.45) is 9.04. The Balaban J connectivity index is 4.51. The molecule has 0 aromatic heterocycles. The van der Waals surface area contributed by atoms with E-state index in [0.29, 0.717) is 30.2 Å². The lowest BCUT2D eigenvalue weighted by Crippen LogP contribution is -2.28. The van der Waals surface area contributed by atoms with Gasteiger partial charge in [-0.05, 0) is 44.8 Å². The zero-order valence-corrected chi connectivity index (χ0v) is 16.8. The van der Waals surface area contributed by atoms with E-state index in [1.165, 1.54) is 32.2 Å². The number of hydrogen-bond acceptors (Lipinski definition) is 4. The maximum absolute atomic E-state index is 9.16. The molecule has 0 saturated heterocycles. The van der Waals surface area contributed by atoms with Crippen molar-refractivity contribution in [3.63, 3.8) is 0 Å². The minimum atomic E-state index is 0.633. The molecule has 0 aliphatic carbocycles. The molecule has 0 fully saturated rings. The number of unbranched alkanes of at least 4 members (excludes halogenated alkanes) is 2. The van der Waals surface area contributed by atoms with Gasteiger partial charge in [0.15, 0.2) is 5.90 Å². The molecule has 0 aliphatic rings. The van der Waals surface area contributed by atoms with Crippen LogP contribution in [0.15, 0.2) is 28.9 Å². The summed E-state index contributed by atoms with van der Waals surface area (Å²) in [5, 5.41) is 9.16. The van der Waals surface area contributed by atoms with Crippen molar-refractivity contribution in [3.05, 3.63) is 23.9 Å². The van der Waals surface area contributed by atoms with Crippen molar-refractivity contribution in [2.24, 2.45) is 4.99 Å². The lowest BCUT2D eigenvalue weighted by molar-refractivity contribution is 0.223. The third kappa shape index (κ3) is 10.8. The van der Waals surface area contributed by atoms with Crippen molar-refractivity contribution >= 4 is 5.90 Å². The van der Waals surface area contributed by atoms with Gasteiger partial charge in [-0.3, -0.25) is 0 Å². The number of aliphatic imine (C=N–C) groups is 1. The van der Waals surface area contributed by atoms with Gasteiger partial charge in [0.05, 0.1) is 23.9 Å². The van der Waals surface area contributed by atoms with Crippen molar-refractivity contribution in [2.75, 3.05) is 26.2 Å². The van der Waals surface area contributed by atoms with Crippen molar-refractivity contribution in [3.8, 4) is 6.07 Å². The Bertz CT molecular complexity index is 460. The van der Waals surface area contributed by atoms with Crippen LogP contribution in [0, 0.1) is 11.3 Å². The van der Waals surface area contributed by atoms with Gasteiger partial charge in [0, 0.05) is 13.0 Å². The first-order valence-corrected chi connectivity index (χ1v) is 9.84. The fourth-order valence-corrected chi connectivity index (χ4v) is 2.62. The second kappa shape index (κ2) is 15.9. The minimum Gasteiger partial charge on any atom is -0.481 e. The molecule has 142 valence electrons. The van der Waals surface area contributed by atoms with Gasteiger partial charge >= 0.3 is 0 Å². The van der Waals surface area contributed by atoms with E-state index < -0.39 is 0 Å². The molecule has 4 nitrogen and oxygen atoms in total. The second-order valence-electron chi connectivity index (χ2n) is 6.14. The molecule has 0 spiro atoms. The quantitative estimate of drug-likeness (QED) is 0.137. The Labute approximate surface area is 155 Å².